The Morgan fingerprint density at radius 3 is 2.59 bits per heavy atom. The number of nitrogens with zero attached hydrogens (tertiary/aromatic N) is 2. The lowest BCUT2D eigenvalue weighted by Crippen LogP contribution is -2.23. The summed E-state index contributed by atoms with van der Waals surface area (Å²) in [7, 11) is 0. The Kier molecular flexibility index (Phi) is 4.45. The van der Waals surface area contributed by atoms with Gasteiger partial charge < -0.3 is 5.32 Å². The predicted molar refractivity (Wildman–Crippen MR) is 101 cm³/mol. The number of carbonyl (C=O) groups is 1. The average molecular weight is 383 g/mol. The molecule has 0 saturated carbocycles. The van der Waals surface area contributed by atoms with Crippen molar-refractivity contribution in [2.45, 2.75) is 13.5 Å². The van der Waals surface area contributed by atoms with E-state index in [1.54, 1.807) is 30.3 Å². The summed E-state index contributed by atoms with van der Waals surface area (Å²) in [6, 6.07) is 12.4. The fourth-order valence-corrected chi connectivity index (χ4v) is 3.84. The number of aromatic nitrogens is 2. The monoisotopic (exact) mass is 383 g/mol. The second-order valence-electron chi connectivity index (χ2n) is 6.08. The summed E-state index contributed by atoms with van der Waals surface area (Å²) in [5.74, 6) is -0.918. The van der Waals surface area contributed by atoms with Crippen molar-refractivity contribution >= 4 is 22.2 Å². The third kappa shape index (κ3) is 3.33. The molecule has 136 valence electrons. The van der Waals surface area contributed by atoms with E-state index in [0.29, 0.717) is 21.1 Å². The highest BCUT2D eigenvalue weighted by Crippen LogP contribution is 2.27. The summed E-state index contributed by atoms with van der Waals surface area (Å²) < 4.78 is 28.6. The Labute approximate surface area is 158 Å². The Hall–Kier alpha value is -3.06. The van der Waals surface area contributed by atoms with E-state index in [1.807, 2.05) is 17.5 Å². The first-order valence-corrected chi connectivity index (χ1v) is 9.10. The minimum atomic E-state index is -0.348. The second kappa shape index (κ2) is 6.92. The molecule has 0 aliphatic carbocycles. The largest absolute Gasteiger partial charge is 0.347 e. The molecule has 7 heteroatoms. The van der Waals surface area contributed by atoms with Crippen LogP contribution in [0.25, 0.3) is 16.2 Å². The predicted octanol–water partition coefficient (Wildman–Crippen LogP) is 4.58. The number of fused-ring (bicyclic) bond motifs is 1. The van der Waals surface area contributed by atoms with Gasteiger partial charge in [-0.1, -0.05) is 29.5 Å². The van der Waals surface area contributed by atoms with Crippen LogP contribution in [0, 0.1) is 18.6 Å². The van der Waals surface area contributed by atoms with Crippen molar-refractivity contribution in [3.05, 3.63) is 82.5 Å². The number of carbonyl (C=O) groups excluding carboxylic acids is 1. The Morgan fingerprint density at radius 1 is 1.15 bits per heavy atom. The molecule has 4 aromatic rings. The van der Waals surface area contributed by atoms with Crippen molar-refractivity contribution in [1.82, 2.24) is 14.7 Å². The molecule has 27 heavy (non-hydrogen) atoms. The number of benzene rings is 2. The van der Waals surface area contributed by atoms with Gasteiger partial charge in [0.05, 0.1) is 5.69 Å². The summed E-state index contributed by atoms with van der Waals surface area (Å²) in [6.07, 6.45) is 1.82. The van der Waals surface area contributed by atoms with E-state index in [0.717, 1.165) is 11.3 Å². The number of rotatable bonds is 4. The maximum atomic E-state index is 13.7. The molecule has 0 bridgehead atoms. The highest BCUT2D eigenvalue weighted by Gasteiger charge is 2.18. The van der Waals surface area contributed by atoms with E-state index in [2.05, 4.69) is 10.3 Å². The van der Waals surface area contributed by atoms with Gasteiger partial charge in [0.25, 0.3) is 5.91 Å². The zero-order chi connectivity index (χ0) is 19.0. The van der Waals surface area contributed by atoms with Crippen LogP contribution < -0.4 is 5.32 Å². The average Bonchev–Trinajstić information content (AvgIpc) is 3.21. The third-order valence-electron chi connectivity index (χ3n) is 4.30. The number of nitrogens with one attached hydrogen (secondary N) is 1. The third-order valence-corrected chi connectivity index (χ3v) is 5.46. The highest BCUT2D eigenvalue weighted by atomic mass is 32.1. The molecule has 1 N–H and O–H groups in total. The van der Waals surface area contributed by atoms with Crippen molar-refractivity contribution in [2.75, 3.05) is 0 Å². The van der Waals surface area contributed by atoms with Crippen LogP contribution in [0.15, 0.2) is 54.7 Å². The molecule has 0 atom stereocenters. The quantitative estimate of drug-likeness (QED) is 0.561. The van der Waals surface area contributed by atoms with Gasteiger partial charge in [-0.25, -0.2) is 13.8 Å². The van der Waals surface area contributed by atoms with Crippen LogP contribution in [0.4, 0.5) is 8.78 Å². The Bertz CT molecular complexity index is 1130. The Morgan fingerprint density at radius 2 is 1.89 bits per heavy atom. The first-order chi connectivity index (χ1) is 13.0. The summed E-state index contributed by atoms with van der Waals surface area (Å²) >= 11 is 1.26. The maximum Gasteiger partial charge on any atom is 0.263 e. The maximum absolute atomic E-state index is 13.7. The van der Waals surface area contributed by atoms with Gasteiger partial charge in [-0.2, -0.15) is 0 Å². The molecule has 0 spiro atoms. The standard InChI is InChI=1S/C20H15F2N3OS/c1-12-18(19(26)23-10-14-4-2-3-5-16(14)22)27-20-24-17(11-25(12)20)13-6-8-15(21)9-7-13/h2-9,11H,10H2,1H3,(H,23,26). The van der Waals surface area contributed by atoms with Gasteiger partial charge in [-0.15, -0.1) is 0 Å². The molecule has 0 fully saturated rings. The lowest BCUT2D eigenvalue weighted by molar-refractivity contribution is 0.0953. The van der Waals surface area contributed by atoms with Crippen LogP contribution in [0.2, 0.25) is 0 Å². The molecule has 0 aliphatic rings. The van der Waals surface area contributed by atoms with Gasteiger partial charge in [0.15, 0.2) is 4.96 Å². The fourth-order valence-electron chi connectivity index (χ4n) is 2.82. The zero-order valence-electron chi connectivity index (χ0n) is 14.4. The summed E-state index contributed by atoms with van der Waals surface area (Å²) in [5.41, 5.74) is 2.70. The van der Waals surface area contributed by atoms with Crippen LogP contribution >= 0.6 is 11.3 Å². The van der Waals surface area contributed by atoms with E-state index in [4.69, 9.17) is 0 Å². The molecule has 2 heterocycles. The molecule has 2 aromatic carbocycles. The SMILES string of the molecule is Cc1c(C(=O)NCc2ccccc2F)sc2nc(-c3ccc(F)cc3)cn12. The van der Waals surface area contributed by atoms with Crippen molar-refractivity contribution in [2.24, 2.45) is 0 Å². The number of imidazole rings is 1. The van der Waals surface area contributed by atoms with Crippen LogP contribution in [0.3, 0.4) is 0 Å². The summed E-state index contributed by atoms with van der Waals surface area (Å²) in [6.45, 7) is 1.95. The molecule has 1 amide bonds. The molecule has 4 nitrogen and oxygen atoms in total. The molecule has 0 radical (unpaired) electrons. The minimum Gasteiger partial charge on any atom is -0.347 e. The number of halogens is 2. The lowest BCUT2D eigenvalue weighted by Gasteiger charge is -2.05. The van der Waals surface area contributed by atoms with Crippen molar-refractivity contribution in [3.63, 3.8) is 0 Å². The van der Waals surface area contributed by atoms with Crippen LogP contribution in [-0.2, 0) is 6.54 Å². The summed E-state index contributed by atoms with van der Waals surface area (Å²) in [4.78, 5) is 18.2. The first-order valence-electron chi connectivity index (χ1n) is 8.29. The first kappa shape index (κ1) is 17.4. The lowest BCUT2D eigenvalue weighted by atomic mass is 10.2. The molecule has 0 aliphatic heterocycles. The van der Waals surface area contributed by atoms with E-state index >= 15 is 0 Å². The second-order valence-corrected chi connectivity index (χ2v) is 7.05. The van der Waals surface area contributed by atoms with Crippen LogP contribution in [0.1, 0.15) is 20.9 Å². The molecule has 0 unspecified atom stereocenters. The van der Waals surface area contributed by atoms with Crippen molar-refractivity contribution in [1.29, 1.82) is 0 Å². The fraction of sp³-hybridized carbons (Fsp3) is 0.100. The number of hydrogen-bond donors (Lipinski definition) is 1. The van der Waals surface area contributed by atoms with E-state index < -0.39 is 0 Å². The van der Waals surface area contributed by atoms with Gasteiger partial charge in [-0.3, -0.25) is 9.20 Å². The molecule has 2 aromatic heterocycles. The van der Waals surface area contributed by atoms with E-state index in [-0.39, 0.29) is 24.1 Å². The number of hydrogen-bond acceptors (Lipinski definition) is 3. The molecular weight excluding hydrogens is 368 g/mol. The van der Waals surface area contributed by atoms with Gasteiger partial charge in [-0.05, 0) is 37.3 Å². The zero-order valence-corrected chi connectivity index (χ0v) is 15.2. The highest BCUT2D eigenvalue weighted by molar-refractivity contribution is 7.19. The smallest absolute Gasteiger partial charge is 0.263 e. The number of thiazole rings is 1. The van der Waals surface area contributed by atoms with Crippen molar-refractivity contribution in [3.8, 4) is 11.3 Å². The normalized spacial score (nSPS) is 11.1. The number of amides is 1. The van der Waals surface area contributed by atoms with Gasteiger partial charge in [0, 0.05) is 29.6 Å². The molecule has 4 rings (SSSR count). The van der Waals surface area contributed by atoms with Gasteiger partial charge in [0.2, 0.25) is 0 Å². The number of aryl methyl sites for hydroxylation is 1. The Balaban J connectivity index is 1.57. The van der Waals surface area contributed by atoms with Crippen molar-refractivity contribution < 1.29 is 13.6 Å². The van der Waals surface area contributed by atoms with Gasteiger partial charge >= 0.3 is 0 Å². The van der Waals surface area contributed by atoms with Crippen LogP contribution in [0.5, 0.6) is 0 Å². The minimum absolute atomic E-state index is 0.117. The molecule has 0 saturated heterocycles. The van der Waals surface area contributed by atoms with Gasteiger partial charge in [0.1, 0.15) is 16.5 Å². The van der Waals surface area contributed by atoms with E-state index in [9.17, 15) is 13.6 Å². The summed E-state index contributed by atoms with van der Waals surface area (Å²) in [5, 5.41) is 2.75. The topological polar surface area (TPSA) is 46.4 Å². The van der Waals surface area contributed by atoms with E-state index in [1.165, 1.54) is 29.5 Å². The van der Waals surface area contributed by atoms with Crippen LogP contribution in [-0.4, -0.2) is 15.3 Å². The molecular formula is C20H15F2N3OS.